The Labute approximate surface area is 70.3 Å². The van der Waals surface area contributed by atoms with Crippen molar-refractivity contribution in [3.8, 4) is 0 Å². The van der Waals surface area contributed by atoms with Gasteiger partial charge in [-0.3, -0.25) is 0 Å². The van der Waals surface area contributed by atoms with Crippen LogP contribution in [0.25, 0.3) is 11.2 Å². The zero-order valence-electron chi connectivity index (χ0n) is 5.44. The molecule has 0 bridgehead atoms. The molecule has 56 valence electrons. The third-order valence-electron chi connectivity index (χ3n) is 1.30. The summed E-state index contributed by atoms with van der Waals surface area (Å²) < 4.78 is 0.736. The number of aromatic amines is 1. The summed E-state index contributed by atoms with van der Waals surface area (Å²) in [6, 6.07) is 0. The van der Waals surface area contributed by atoms with Gasteiger partial charge in [0.1, 0.15) is 0 Å². The van der Waals surface area contributed by atoms with Crippen molar-refractivity contribution in [2.75, 3.05) is 5.73 Å². The van der Waals surface area contributed by atoms with Crippen molar-refractivity contribution in [1.82, 2.24) is 19.9 Å². The van der Waals surface area contributed by atoms with E-state index < -0.39 is 0 Å². The molecule has 2 heterocycles. The molecule has 2 aromatic rings. The van der Waals surface area contributed by atoms with Gasteiger partial charge in [0.05, 0.1) is 0 Å². The van der Waals surface area contributed by atoms with Gasteiger partial charge in [-0.25, -0.2) is 0 Å². The topological polar surface area (TPSA) is 80.5 Å². The van der Waals surface area contributed by atoms with Crippen LogP contribution in [0.2, 0.25) is 0 Å². The first-order valence-electron chi connectivity index (χ1n) is 2.92. The Morgan fingerprint density at radius 2 is 2.27 bits per heavy atom. The third kappa shape index (κ3) is 0.961. The average molecular weight is 214 g/mol. The van der Waals surface area contributed by atoms with Gasteiger partial charge in [0, 0.05) is 0 Å². The molecule has 0 aromatic carbocycles. The standard InChI is InChI=1S/C5H5N5Se/c6-3-2-4(8-1-7-3)10-5(11)9-2/h1H,(H4,6,7,8,9,10,11). The molecule has 0 aliphatic rings. The summed E-state index contributed by atoms with van der Waals surface area (Å²) in [4.78, 5) is 14.8. The van der Waals surface area contributed by atoms with Crippen molar-refractivity contribution in [2.24, 2.45) is 0 Å². The van der Waals surface area contributed by atoms with Crippen LogP contribution in [0, 0.1) is 0 Å². The van der Waals surface area contributed by atoms with E-state index >= 15 is 0 Å². The van der Waals surface area contributed by atoms with Crippen molar-refractivity contribution in [3.05, 3.63) is 6.33 Å². The molecule has 3 N–H and O–H groups in total. The summed E-state index contributed by atoms with van der Waals surface area (Å²) in [6.45, 7) is 0. The first kappa shape index (κ1) is 6.57. The Kier molecular flexibility index (Phi) is 1.30. The normalized spacial score (nSPS) is 10.6. The van der Waals surface area contributed by atoms with Gasteiger partial charge in [-0.2, -0.15) is 0 Å². The molecule has 0 unspecified atom stereocenters. The van der Waals surface area contributed by atoms with E-state index in [1.54, 1.807) is 0 Å². The molecule has 6 heteroatoms. The van der Waals surface area contributed by atoms with Crippen LogP contribution >= 0.6 is 0 Å². The fraction of sp³-hybridized carbons (Fsp3) is 0. The van der Waals surface area contributed by atoms with Crippen LogP contribution in [0.5, 0.6) is 0 Å². The molecule has 0 saturated heterocycles. The Morgan fingerprint density at radius 3 is 3.00 bits per heavy atom. The molecular weight excluding hydrogens is 209 g/mol. The van der Waals surface area contributed by atoms with Crippen LogP contribution in [-0.2, 0) is 0 Å². The SMILES string of the molecule is Nc1ncnc2[nH]c([SeH])nc12. The summed E-state index contributed by atoms with van der Waals surface area (Å²) in [5.41, 5.74) is 6.83. The van der Waals surface area contributed by atoms with Crippen LogP contribution in [0.4, 0.5) is 5.82 Å². The zero-order chi connectivity index (χ0) is 7.84. The number of nitrogen functional groups attached to an aromatic ring is 1. The summed E-state index contributed by atoms with van der Waals surface area (Å²) >= 11 is 2.29. The Hall–Kier alpha value is -1.13. The van der Waals surface area contributed by atoms with Crippen LogP contribution in [0.15, 0.2) is 6.33 Å². The summed E-state index contributed by atoms with van der Waals surface area (Å²) in [5, 5.41) is 0. The Balaban J connectivity index is 2.90. The van der Waals surface area contributed by atoms with Gasteiger partial charge >= 0.3 is 69.7 Å². The van der Waals surface area contributed by atoms with Crippen molar-refractivity contribution in [3.63, 3.8) is 0 Å². The number of H-pyrrole nitrogens is 1. The second-order valence-electron chi connectivity index (χ2n) is 2.02. The molecule has 0 spiro atoms. The molecule has 0 fully saturated rings. The first-order chi connectivity index (χ1) is 5.27. The summed E-state index contributed by atoms with van der Waals surface area (Å²) in [5.74, 6) is 0.406. The minimum absolute atomic E-state index is 0.406. The van der Waals surface area contributed by atoms with Crippen LogP contribution in [-0.4, -0.2) is 35.9 Å². The van der Waals surface area contributed by atoms with Gasteiger partial charge in [0.2, 0.25) is 0 Å². The number of nitrogens with two attached hydrogens (primary N) is 1. The number of anilines is 1. The van der Waals surface area contributed by atoms with Gasteiger partial charge < -0.3 is 0 Å². The van der Waals surface area contributed by atoms with Crippen molar-refractivity contribution >= 4 is 37.7 Å². The zero-order valence-corrected chi connectivity index (χ0v) is 7.32. The predicted octanol–water partition coefficient (Wildman–Crippen LogP) is -1.54. The van der Waals surface area contributed by atoms with Gasteiger partial charge in [0.25, 0.3) is 0 Å². The van der Waals surface area contributed by atoms with Gasteiger partial charge in [-0.1, -0.05) is 0 Å². The molecule has 0 aliphatic carbocycles. The third-order valence-corrected chi connectivity index (χ3v) is 1.74. The van der Waals surface area contributed by atoms with Crippen molar-refractivity contribution < 1.29 is 0 Å². The summed E-state index contributed by atoms with van der Waals surface area (Å²) in [6.07, 6.45) is 1.41. The maximum atomic E-state index is 5.53. The monoisotopic (exact) mass is 215 g/mol. The number of imidazole rings is 1. The van der Waals surface area contributed by atoms with Gasteiger partial charge in [-0.15, -0.1) is 0 Å². The minimum atomic E-state index is 0.406. The summed E-state index contributed by atoms with van der Waals surface area (Å²) in [7, 11) is 0. The van der Waals surface area contributed by atoms with E-state index in [0.29, 0.717) is 17.0 Å². The maximum absolute atomic E-state index is 5.53. The molecule has 5 nitrogen and oxygen atoms in total. The molecular formula is C5H5N5Se. The van der Waals surface area contributed by atoms with Crippen LogP contribution in [0.3, 0.4) is 0 Å². The number of hydrogen-bond donors (Lipinski definition) is 2. The van der Waals surface area contributed by atoms with E-state index in [-0.39, 0.29) is 0 Å². The number of rotatable bonds is 0. The van der Waals surface area contributed by atoms with Crippen molar-refractivity contribution in [2.45, 2.75) is 0 Å². The molecule has 11 heavy (non-hydrogen) atoms. The van der Waals surface area contributed by atoms with Crippen molar-refractivity contribution in [1.29, 1.82) is 0 Å². The number of hydrogen-bond acceptors (Lipinski definition) is 4. The van der Waals surface area contributed by atoms with E-state index in [4.69, 9.17) is 5.73 Å². The van der Waals surface area contributed by atoms with Crippen LogP contribution < -0.4 is 10.5 Å². The fourth-order valence-electron chi connectivity index (χ4n) is 0.834. The van der Waals surface area contributed by atoms with Gasteiger partial charge in [-0.05, 0) is 0 Å². The number of nitrogens with zero attached hydrogens (tertiary/aromatic N) is 3. The second-order valence-corrected chi connectivity index (χ2v) is 2.91. The molecule has 2 rings (SSSR count). The number of aromatic nitrogens is 4. The molecule has 2 aromatic heterocycles. The first-order valence-corrected chi connectivity index (χ1v) is 3.86. The molecule has 0 atom stereocenters. The van der Waals surface area contributed by atoms with E-state index in [1.165, 1.54) is 6.33 Å². The Bertz CT molecular complexity index is 395. The second kappa shape index (κ2) is 2.18. The van der Waals surface area contributed by atoms with E-state index in [9.17, 15) is 0 Å². The predicted molar refractivity (Wildman–Crippen MR) is 42.9 cm³/mol. The molecule has 0 amide bonds. The van der Waals surface area contributed by atoms with E-state index in [2.05, 4.69) is 35.9 Å². The Morgan fingerprint density at radius 1 is 1.45 bits per heavy atom. The molecule has 0 aliphatic heterocycles. The van der Waals surface area contributed by atoms with Gasteiger partial charge in [0.15, 0.2) is 0 Å². The number of nitrogens with one attached hydrogen (secondary N) is 1. The molecule has 0 saturated carbocycles. The van der Waals surface area contributed by atoms with Crippen LogP contribution in [0.1, 0.15) is 0 Å². The fourth-order valence-corrected chi connectivity index (χ4v) is 1.27. The molecule has 0 radical (unpaired) electrons. The van der Waals surface area contributed by atoms with E-state index in [0.717, 1.165) is 4.72 Å². The average Bonchev–Trinajstić information content (AvgIpc) is 2.31. The quantitative estimate of drug-likeness (QED) is 0.521. The number of fused-ring (bicyclic) bond motifs is 1. The van der Waals surface area contributed by atoms with E-state index in [1.807, 2.05) is 0 Å².